The zero-order valence-electron chi connectivity index (χ0n) is 10.7. The third kappa shape index (κ3) is 2.63. The van der Waals surface area contributed by atoms with Crippen LogP contribution in [0.4, 0.5) is 0 Å². The molecule has 6 heteroatoms. The van der Waals surface area contributed by atoms with Crippen LogP contribution in [0.5, 0.6) is 17.2 Å². The van der Waals surface area contributed by atoms with Crippen molar-refractivity contribution in [3.05, 3.63) is 16.1 Å². The zero-order valence-corrected chi connectivity index (χ0v) is 12.3. The van der Waals surface area contributed by atoms with Crippen LogP contribution in [0.25, 0.3) is 0 Å². The van der Waals surface area contributed by atoms with Gasteiger partial charge in [-0.25, -0.2) is 0 Å². The van der Waals surface area contributed by atoms with Gasteiger partial charge < -0.3 is 19.7 Å². The van der Waals surface area contributed by atoms with Crippen molar-refractivity contribution in [2.75, 3.05) is 13.2 Å². The molecule has 5 nitrogen and oxygen atoms in total. The molecule has 19 heavy (non-hydrogen) atoms. The van der Waals surface area contributed by atoms with Crippen LogP contribution in [0.1, 0.15) is 25.8 Å². The van der Waals surface area contributed by atoms with Crippen molar-refractivity contribution in [3.63, 3.8) is 0 Å². The van der Waals surface area contributed by atoms with Crippen LogP contribution in [0.15, 0.2) is 10.5 Å². The van der Waals surface area contributed by atoms with Crippen LogP contribution in [-0.2, 0) is 10.2 Å². The first kappa shape index (κ1) is 14.0. The normalized spacial score (nSPS) is 14.3. The fourth-order valence-electron chi connectivity index (χ4n) is 2.13. The van der Waals surface area contributed by atoms with E-state index >= 15 is 0 Å². The summed E-state index contributed by atoms with van der Waals surface area (Å²) in [6, 6.07) is 1.65. The predicted octanol–water partition coefficient (Wildman–Crippen LogP) is 2.68. The van der Waals surface area contributed by atoms with Gasteiger partial charge in [-0.2, -0.15) is 0 Å². The van der Waals surface area contributed by atoms with E-state index in [2.05, 4.69) is 15.9 Å². The molecule has 0 unspecified atom stereocenters. The smallest absolute Gasteiger partial charge is 0.304 e. The van der Waals surface area contributed by atoms with E-state index in [1.807, 2.05) is 0 Å². The van der Waals surface area contributed by atoms with Gasteiger partial charge in [0.15, 0.2) is 11.5 Å². The summed E-state index contributed by atoms with van der Waals surface area (Å²) >= 11 is 3.27. The van der Waals surface area contributed by atoms with Gasteiger partial charge in [0.05, 0.1) is 6.42 Å². The summed E-state index contributed by atoms with van der Waals surface area (Å²) in [7, 11) is 0. The van der Waals surface area contributed by atoms with E-state index in [9.17, 15) is 9.90 Å². The monoisotopic (exact) mass is 330 g/mol. The minimum Gasteiger partial charge on any atom is -0.506 e. The van der Waals surface area contributed by atoms with Gasteiger partial charge in [0.2, 0.25) is 0 Å². The van der Waals surface area contributed by atoms with Gasteiger partial charge in [0.25, 0.3) is 0 Å². The number of fused-ring (bicyclic) bond motifs is 1. The maximum atomic E-state index is 10.9. The van der Waals surface area contributed by atoms with Crippen molar-refractivity contribution in [2.45, 2.75) is 25.7 Å². The number of phenols is 1. The van der Waals surface area contributed by atoms with Crippen molar-refractivity contribution < 1.29 is 24.5 Å². The molecule has 1 aliphatic rings. The third-order valence-corrected chi connectivity index (χ3v) is 3.81. The Balaban J connectivity index is 2.52. The van der Waals surface area contributed by atoms with Crippen LogP contribution in [-0.4, -0.2) is 29.4 Å². The van der Waals surface area contributed by atoms with Gasteiger partial charge in [0.1, 0.15) is 23.4 Å². The van der Waals surface area contributed by atoms with E-state index in [0.29, 0.717) is 34.7 Å². The van der Waals surface area contributed by atoms with Crippen molar-refractivity contribution in [1.29, 1.82) is 0 Å². The molecule has 2 N–H and O–H groups in total. The highest BCUT2D eigenvalue weighted by atomic mass is 79.9. The Bertz CT molecular complexity index is 524. The number of aliphatic carboxylic acids is 1. The van der Waals surface area contributed by atoms with Gasteiger partial charge in [0, 0.05) is 11.0 Å². The minimum absolute atomic E-state index is 0.00417. The number of carboxylic acid groups (broad SMARTS) is 1. The Hall–Kier alpha value is -1.43. The Morgan fingerprint density at radius 1 is 1.42 bits per heavy atom. The second-order valence-corrected chi connectivity index (χ2v) is 5.86. The molecule has 0 saturated carbocycles. The second kappa shape index (κ2) is 4.92. The van der Waals surface area contributed by atoms with Gasteiger partial charge in [-0.1, -0.05) is 13.8 Å². The standard InChI is InChI=1S/C13H15BrO5/c1-13(2,6-9(15)16)7-5-8-12(10(14)11(7)17)19-4-3-18-8/h5,17H,3-4,6H2,1-2H3,(H,15,16). The van der Waals surface area contributed by atoms with E-state index in [1.165, 1.54) is 0 Å². The number of ether oxygens (including phenoxy) is 2. The lowest BCUT2D eigenvalue weighted by molar-refractivity contribution is -0.138. The maximum absolute atomic E-state index is 10.9. The molecule has 104 valence electrons. The Kier molecular flexibility index (Phi) is 3.62. The molecule has 0 aromatic heterocycles. The SMILES string of the molecule is CC(C)(CC(=O)O)c1cc2c(c(Br)c1O)OCCO2. The fraction of sp³-hybridized carbons (Fsp3) is 0.462. The zero-order chi connectivity index (χ0) is 14.2. The topological polar surface area (TPSA) is 76.0 Å². The first-order chi connectivity index (χ1) is 8.83. The van der Waals surface area contributed by atoms with Crippen LogP contribution in [0, 0.1) is 0 Å². The van der Waals surface area contributed by atoms with Crippen molar-refractivity contribution >= 4 is 21.9 Å². The molecule has 1 aliphatic heterocycles. The lowest BCUT2D eigenvalue weighted by Gasteiger charge is -2.28. The number of hydrogen-bond acceptors (Lipinski definition) is 4. The number of rotatable bonds is 3. The molecule has 0 fully saturated rings. The van der Waals surface area contributed by atoms with Crippen molar-refractivity contribution in [1.82, 2.24) is 0 Å². The number of aromatic hydroxyl groups is 1. The molecule has 2 rings (SSSR count). The minimum atomic E-state index is -0.921. The molecule has 0 radical (unpaired) electrons. The summed E-state index contributed by atoms with van der Waals surface area (Å²) in [5.41, 5.74) is -0.195. The summed E-state index contributed by atoms with van der Waals surface area (Å²) in [6.07, 6.45) is -0.0906. The molecular weight excluding hydrogens is 316 g/mol. The largest absolute Gasteiger partial charge is 0.506 e. The van der Waals surface area contributed by atoms with Crippen LogP contribution in [0.2, 0.25) is 0 Å². The van der Waals surface area contributed by atoms with Gasteiger partial charge in [-0.15, -0.1) is 0 Å². The highest BCUT2D eigenvalue weighted by Crippen LogP contribution is 2.48. The lowest BCUT2D eigenvalue weighted by Crippen LogP contribution is -2.23. The third-order valence-electron chi connectivity index (χ3n) is 3.07. The molecule has 0 aliphatic carbocycles. The Morgan fingerprint density at radius 3 is 2.68 bits per heavy atom. The highest BCUT2D eigenvalue weighted by molar-refractivity contribution is 9.10. The number of carboxylic acids is 1. The van der Waals surface area contributed by atoms with E-state index in [1.54, 1.807) is 19.9 Å². The summed E-state index contributed by atoms with van der Waals surface area (Å²) in [6.45, 7) is 4.38. The second-order valence-electron chi connectivity index (χ2n) is 5.07. The van der Waals surface area contributed by atoms with E-state index < -0.39 is 11.4 Å². The number of carbonyl (C=O) groups is 1. The molecule has 0 amide bonds. The quantitative estimate of drug-likeness (QED) is 0.891. The van der Waals surface area contributed by atoms with Crippen LogP contribution >= 0.6 is 15.9 Å². The van der Waals surface area contributed by atoms with Gasteiger partial charge in [-0.3, -0.25) is 4.79 Å². The average Bonchev–Trinajstić information content (AvgIpc) is 2.32. The summed E-state index contributed by atoms with van der Waals surface area (Å²) in [4.78, 5) is 10.9. The van der Waals surface area contributed by atoms with E-state index in [-0.39, 0.29) is 12.2 Å². The average molecular weight is 331 g/mol. The first-order valence-electron chi connectivity index (χ1n) is 5.86. The van der Waals surface area contributed by atoms with E-state index in [0.717, 1.165) is 0 Å². The molecule has 0 saturated heterocycles. The van der Waals surface area contributed by atoms with Crippen LogP contribution in [0.3, 0.4) is 0 Å². The fourth-order valence-corrected chi connectivity index (χ4v) is 2.65. The van der Waals surface area contributed by atoms with Crippen molar-refractivity contribution in [3.8, 4) is 17.2 Å². The van der Waals surface area contributed by atoms with Crippen molar-refractivity contribution in [2.24, 2.45) is 0 Å². The molecule has 1 heterocycles. The molecule has 1 aromatic rings. The van der Waals surface area contributed by atoms with Gasteiger partial charge in [-0.05, 0) is 22.0 Å². The highest BCUT2D eigenvalue weighted by Gasteiger charge is 2.31. The van der Waals surface area contributed by atoms with Crippen LogP contribution < -0.4 is 9.47 Å². The Labute approximate surface area is 119 Å². The number of benzene rings is 1. The molecular formula is C13H15BrO5. The summed E-state index contributed by atoms with van der Waals surface area (Å²) in [5.74, 6) is 0.0499. The summed E-state index contributed by atoms with van der Waals surface area (Å²) < 4.78 is 11.3. The number of phenolic OH excluding ortho intramolecular Hbond substituents is 1. The van der Waals surface area contributed by atoms with Gasteiger partial charge >= 0.3 is 5.97 Å². The molecule has 0 spiro atoms. The number of hydrogen-bond donors (Lipinski definition) is 2. The van der Waals surface area contributed by atoms with E-state index in [4.69, 9.17) is 14.6 Å². The first-order valence-corrected chi connectivity index (χ1v) is 6.65. The number of halogens is 1. The maximum Gasteiger partial charge on any atom is 0.304 e. The molecule has 1 aromatic carbocycles. The molecule has 0 atom stereocenters. The molecule has 0 bridgehead atoms. The predicted molar refractivity (Wildman–Crippen MR) is 72.1 cm³/mol. The Morgan fingerprint density at radius 2 is 2.05 bits per heavy atom. The summed E-state index contributed by atoms with van der Waals surface area (Å²) in [5, 5.41) is 19.2. The lowest BCUT2D eigenvalue weighted by atomic mass is 9.81.